The number of nitro benzene ring substituents is 1. The number of nitro groups is 1. The van der Waals surface area contributed by atoms with Gasteiger partial charge in [0, 0.05) is 12.1 Å². The van der Waals surface area contributed by atoms with Crippen molar-refractivity contribution in [3.8, 4) is 11.5 Å². The predicted octanol–water partition coefficient (Wildman–Crippen LogP) is 3.21. The summed E-state index contributed by atoms with van der Waals surface area (Å²) >= 11 is 5.92. The molecule has 0 heterocycles. The first-order chi connectivity index (χ1) is 13.3. The van der Waals surface area contributed by atoms with E-state index in [1.54, 1.807) is 24.3 Å². The highest BCUT2D eigenvalue weighted by Gasteiger charge is 2.21. The van der Waals surface area contributed by atoms with E-state index in [1.165, 1.54) is 26.2 Å². The van der Waals surface area contributed by atoms with Crippen LogP contribution in [0.4, 0.5) is 11.4 Å². The van der Waals surface area contributed by atoms with Crippen molar-refractivity contribution >= 4 is 34.9 Å². The molecule has 0 spiro atoms. The van der Waals surface area contributed by atoms with Crippen LogP contribution in [0.3, 0.4) is 0 Å². The molecule has 0 bridgehead atoms. The fraction of sp³-hybridized carbons (Fsp3) is 0.222. The first kappa shape index (κ1) is 21.0. The van der Waals surface area contributed by atoms with Crippen molar-refractivity contribution in [1.82, 2.24) is 0 Å². The summed E-state index contributed by atoms with van der Waals surface area (Å²) in [6.07, 6.45) is -1.17. The second-order valence-electron chi connectivity index (χ2n) is 5.48. The molecule has 2 aromatic carbocycles. The maximum absolute atomic E-state index is 12.2. The fourth-order valence-corrected chi connectivity index (χ4v) is 2.32. The minimum Gasteiger partial charge on any atom is -0.495 e. The molecule has 0 aliphatic heterocycles. The molecular weight excluding hydrogens is 392 g/mol. The Bertz CT molecular complexity index is 888. The molecule has 0 fully saturated rings. The molecule has 2 rings (SSSR count). The number of ether oxygens (including phenoxy) is 3. The molecule has 28 heavy (non-hydrogen) atoms. The lowest BCUT2D eigenvalue weighted by atomic mass is 10.2. The normalized spacial score (nSPS) is 11.2. The number of nitrogens with zero attached hydrogens (tertiary/aromatic N) is 1. The lowest BCUT2D eigenvalue weighted by molar-refractivity contribution is -0.384. The van der Waals surface area contributed by atoms with Gasteiger partial charge in [-0.2, -0.15) is 0 Å². The molecule has 0 aliphatic rings. The Labute approximate surface area is 165 Å². The number of nitrogens with one attached hydrogen (secondary N) is 1. The molecule has 0 radical (unpaired) electrons. The van der Waals surface area contributed by atoms with Crippen LogP contribution >= 0.6 is 11.6 Å². The van der Waals surface area contributed by atoms with Gasteiger partial charge in [0.05, 0.1) is 22.7 Å². The maximum Gasteiger partial charge on any atom is 0.344 e. The molecule has 9 nitrogen and oxygen atoms in total. The highest BCUT2D eigenvalue weighted by molar-refractivity contribution is 6.32. The Balaban J connectivity index is 1.95. The zero-order valence-electron chi connectivity index (χ0n) is 15.0. The summed E-state index contributed by atoms with van der Waals surface area (Å²) in [7, 11) is 1.35. The number of benzene rings is 2. The van der Waals surface area contributed by atoms with Crippen LogP contribution in [0.2, 0.25) is 5.02 Å². The van der Waals surface area contributed by atoms with Gasteiger partial charge < -0.3 is 19.5 Å². The average Bonchev–Trinajstić information content (AvgIpc) is 2.67. The van der Waals surface area contributed by atoms with Crippen molar-refractivity contribution in [2.24, 2.45) is 0 Å². The Morgan fingerprint density at radius 2 is 1.93 bits per heavy atom. The molecule has 1 amide bonds. The summed E-state index contributed by atoms with van der Waals surface area (Å²) in [5, 5.41) is 13.7. The number of amides is 1. The lowest BCUT2D eigenvalue weighted by Gasteiger charge is -2.15. The quantitative estimate of drug-likeness (QED) is 0.405. The second-order valence-corrected chi connectivity index (χ2v) is 5.89. The predicted molar refractivity (Wildman–Crippen MR) is 101 cm³/mol. The van der Waals surface area contributed by atoms with Crippen molar-refractivity contribution in [3.63, 3.8) is 0 Å². The van der Waals surface area contributed by atoms with Gasteiger partial charge in [-0.15, -0.1) is 0 Å². The molecule has 0 saturated heterocycles. The van der Waals surface area contributed by atoms with Gasteiger partial charge in [-0.05, 0) is 25.1 Å². The Kier molecular flexibility index (Phi) is 7.16. The minimum absolute atomic E-state index is 0.0805. The molecule has 0 saturated carbocycles. The van der Waals surface area contributed by atoms with Gasteiger partial charge in [0.15, 0.2) is 12.7 Å². The Hall–Kier alpha value is -3.33. The first-order valence-corrected chi connectivity index (χ1v) is 8.39. The van der Waals surface area contributed by atoms with E-state index in [0.717, 1.165) is 6.07 Å². The smallest absolute Gasteiger partial charge is 0.344 e. The molecule has 10 heteroatoms. The van der Waals surface area contributed by atoms with Crippen LogP contribution in [0.25, 0.3) is 0 Å². The van der Waals surface area contributed by atoms with E-state index in [1.807, 2.05) is 0 Å². The second kappa shape index (κ2) is 9.56. The third-order valence-corrected chi connectivity index (χ3v) is 3.82. The van der Waals surface area contributed by atoms with Gasteiger partial charge in [-0.3, -0.25) is 14.9 Å². The van der Waals surface area contributed by atoms with Gasteiger partial charge in [-0.1, -0.05) is 23.7 Å². The number of methoxy groups -OCH3 is 1. The fourth-order valence-electron chi connectivity index (χ4n) is 2.12. The van der Waals surface area contributed by atoms with Crippen LogP contribution in [0.5, 0.6) is 11.5 Å². The average molecular weight is 409 g/mol. The summed E-state index contributed by atoms with van der Waals surface area (Å²) in [5.74, 6) is -0.947. The van der Waals surface area contributed by atoms with Crippen LogP contribution in [0.1, 0.15) is 6.92 Å². The summed E-state index contributed by atoms with van der Waals surface area (Å²) in [6.45, 7) is 0.911. The van der Waals surface area contributed by atoms with E-state index in [9.17, 15) is 19.7 Å². The van der Waals surface area contributed by atoms with Gasteiger partial charge in [0.2, 0.25) is 0 Å². The van der Waals surface area contributed by atoms with Gasteiger partial charge in [0.25, 0.3) is 11.6 Å². The number of para-hydroxylation sites is 1. The van der Waals surface area contributed by atoms with Gasteiger partial charge >= 0.3 is 5.97 Å². The lowest BCUT2D eigenvalue weighted by Crippen LogP contribution is -2.31. The van der Waals surface area contributed by atoms with E-state index in [4.69, 9.17) is 25.8 Å². The maximum atomic E-state index is 12.2. The first-order valence-electron chi connectivity index (χ1n) is 8.02. The molecule has 0 aromatic heterocycles. The summed E-state index contributed by atoms with van der Waals surface area (Å²) in [5.41, 5.74) is -0.147. The Morgan fingerprint density at radius 1 is 1.21 bits per heavy atom. The third-order valence-electron chi connectivity index (χ3n) is 3.51. The number of esters is 1. The van der Waals surface area contributed by atoms with Crippen LogP contribution in [0, 0.1) is 10.1 Å². The highest BCUT2D eigenvalue weighted by Crippen LogP contribution is 2.29. The van der Waals surface area contributed by atoms with E-state index in [-0.39, 0.29) is 17.1 Å². The number of carbonyl (C=O) groups is 2. The Morgan fingerprint density at radius 3 is 2.57 bits per heavy atom. The summed E-state index contributed by atoms with van der Waals surface area (Å²) in [6, 6.07) is 10.3. The number of rotatable bonds is 8. The standard InChI is InChI=1S/C18H17ClN2O7/c1-11(28-17(22)10-27-15-6-4-3-5-13(15)19)18(23)20-14-9-12(21(24)25)7-8-16(14)26-2/h3-9,11H,10H2,1-2H3,(H,20,23)/t11-/m1/s1. The van der Waals surface area contributed by atoms with E-state index < -0.39 is 29.5 Å². The third kappa shape index (κ3) is 5.58. The van der Waals surface area contributed by atoms with Crippen LogP contribution in [-0.4, -0.2) is 36.6 Å². The largest absolute Gasteiger partial charge is 0.495 e. The molecule has 148 valence electrons. The monoisotopic (exact) mass is 408 g/mol. The van der Waals surface area contributed by atoms with E-state index in [2.05, 4.69) is 5.32 Å². The van der Waals surface area contributed by atoms with Crippen molar-refractivity contribution < 1.29 is 28.7 Å². The van der Waals surface area contributed by atoms with E-state index in [0.29, 0.717) is 10.8 Å². The molecule has 1 N–H and O–H groups in total. The van der Waals surface area contributed by atoms with Gasteiger partial charge in [-0.25, -0.2) is 4.79 Å². The molecule has 1 atom stereocenters. The zero-order valence-corrected chi connectivity index (χ0v) is 15.8. The molecule has 2 aromatic rings. The minimum atomic E-state index is -1.17. The van der Waals surface area contributed by atoms with Crippen LogP contribution in [0.15, 0.2) is 42.5 Å². The number of carbonyl (C=O) groups excluding carboxylic acids is 2. The summed E-state index contributed by atoms with van der Waals surface area (Å²) in [4.78, 5) is 34.4. The number of hydrogen-bond acceptors (Lipinski definition) is 7. The zero-order chi connectivity index (χ0) is 20.7. The molecular formula is C18H17ClN2O7. The van der Waals surface area contributed by atoms with E-state index >= 15 is 0 Å². The molecule has 0 unspecified atom stereocenters. The van der Waals surface area contributed by atoms with Gasteiger partial charge in [0.1, 0.15) is 11.5 Å². The van der Waals surface area contributed by atoms with Crippen molar-refractivity contribution in [2.75, 3.05) is 19.0 Å². The number of anilines is 1. The van der Waals surface area contributed by atoms with Crippen molar-refractivity contribution in [2.45, 2.75) is 13.0 Å². The van der Waals surface area contributed by atoms with Crippen molar-refractivity contribution in [3.05, 3.63) is 57.6 Å². The number of non-ortho nitro benzene ring substituents is 1. The SMILES string of the molecule is COc1ccc([N+](=O)[O-])cc1NC(=O)[C@@H](C)OC(=O)COc1ccccc1Cl. The number of hydrogen-bond donors (Lipinski definition) is 1. The van der Waals surface area contributed by atoms with Crippen LogP contribution < -0.4 is 14.8 Å². The van der Waals surface area contributed by atoms with Crippen molar-refractivity contribution in [1.29, 1.82) is 0 Å². The molecule has 0 aliphatic carbocycles. The summed E-state index contributed by atoms with van der Waals surface area (Å²) < 4.78 is 15.3. The highest BCUT2D eigenvalue weighted by atomic mass is 35.5. The van der Waals surface area contributed by atoms with Crippen LogP contribution in [-0.2, 0) is 14.3 Å². The number of halogens is 1. The topological polar surface area (TPSA) is 117 Å².